The van der Waals surface area contributed by atoms with Crippen LogP contribution < -0.4 is 0 Å². The molecule has 0 unspecified atom stereocenters. The van der Waals surface area contributed by atoms with Crippen molar-refractivity contribution in [3.8, 4) is 0 Å². The summed E-state index contributed by atoms with van der Waals surface area (Å²) < 4.78 is 5.58. The predicted octanol–water partition coefficient (Wildman–Crippen LogP) is 3.92. The minimum absolute atomic E-state index is 0.618. The van der Waals surface area contributed by atoms with Gasteiger partial charge in [0, 0.05) is 13.2 Å². The van der Waals surface area contributed by atoms with Crippen LogP contribution in [0.2, 0.25) is 0 Å². The average molecular weight is 278 g/mol. The van der Waals surface area contributed by atoms with Gasteiger partial charge in [-0.1, -0.05) is 36.8 Å². The molecule has 0 aliphatic rings. The highest BCUT2D eigenvalue weighted by Gasteiger charge is 2.25. The SMILES string of the molecule is CC(C)(CCCCOCCCc1ccccc1)C(=O)O. The van der Waals surface area contributed by atoms with Crippen molar-refractivity contribution >= 4 is 5.97 Å². The maximum atomic E-state index is 10.9. The molecule has 0 saturated heterocycles. The van der Waals surface area contributed by atoms with Gasteiger partial charge in [0.15, 0.2) is 0 Å². The fourth-order valence-corrected chi connectivity index (χ4v) is 2.00. The fraction of sp³-hybridized carbons (Fsp3) is 0.588. The Hall–Kier alpha value is -1.35. The van der Waals surface area contributed by atoms with Gasteiger partial charge in [-0.05, 0) is 45.1 Å². The Labute approximate surface area is 122 Å². The summed E-state index contributed by atoms with van der Waals surface area (Å²) in [5.74, 6) is -0.721. The number of hydrogen-bond acceptors (Lipinski definition) is 2. The van der Waals surface area contributed by atoms with Gasteiger partial charge in [-0.15, -0.1) is 0 Å². The summed E-state index contributed by atoms with van der Waals surface area (Å²) in [7, 11) is 0. The summed E-state index contributed by atoms with van der Waals surface area (Å²) in [5.41, 5.74) is 0.729. The van der Waals surface area contributed by atoms with Crippen LogP contribution in [0.1, 0.15) is 45.1 Å². The highest BCUT2D eigenvalue weighted by molar-refractivity contribution is 5.73. The van der Waals surface area contributed by atoms with Crippen LogP contribution in [0.3, 0.4) is 0 Å². The molecule has 1 aromatic carbocycles. The molecule has 1 N–H and O–H groups in total. The molecule has 0 spiro atoms. The number of rotatable bonds is 10. The van der Waals surface area contributed by atoms with Crippen LogP contribution >= 0.6 is 0 Å². The van der Waals surface area contributed by atoms with Crippen LogP contribution in [0.25, 0.3) is 0 Å². The lowest BCUT2D eigenvalue weighted by molar-refractivity contribution is -0.147. The van der Waals surface area contributed by atoms with Crippen LogP contribution in [0.5, 0.6) is 0 Å². The van der Waals surface area contributed by atoms with Gasteiger partial charge in [-0.2, -0.15) is 0 Å². The Balaban J connectivity index is 1.97. The van der Waals surface area contributed by atoms with Crippen LogP contribution in [0.4, 0.5) is 0 Å². The molecule has 1 rings (SSSR count). The van der Waals surface area contributed by atoms with E-state index in [-0.39, 0.29) is 0 Å². The first-order valence-electron chi connectivity index (χ1n) is 7.37. The third kappa shape index (κ3) is 6.71. The summed E-state index contributed by atoms with van der Waals surface area (Å²) in [6.45, 7) is 5.05. The topological polar surface area (TPSA) is 46.5 Å². The Kier molecular flexibility index (Phi) is 7.31. The second kappa shape index (κ2) is 8.75. The van der Waals surface area contributed by atoms with Crippen molar-refractivity contribution in [1.29, 1.82) is 0 Å². The van der Waals surface area contributed by atoms with E-state index < -0.39 is 11.4 Å². The number of hydrogen-bond donors (Lipinski definition) is 1. The second-order valence-corrected chi connectivity index (χ2v) is 5.85. The van der Waals surface area contributed by atoms with Gasteiger partial charge in [0.2, 0.25) is 0 Å². The van der Waals surface area contributed by atoms with Crippen molar-refractivity contribution in [2.75, 3.05) is 13.2 Å². The number of aryl methyl sites for hydroxylation is 1. The molecule has 112 valence electrons. The largest absolute Gasteiger partial charge is 0.481 e. The Morgan fingerprint density at radius 1 is 1.10 bits per heavy atom. The van der Waals surface area contributed by atoms with Crippen LogP contribution in [0.15, 0.2) is 30.3 Å². The number of unbranched alkanes of at least 4 members (excludes halogenated alkanes) is 1. The number of carboxylic acid groups (broad SMARTS) is 1. The van der Waals surface area contributed by atoms with E-state index in [1.165, 1.54) is 5.56 Å². The smallest absolute Gasteiger partial charge is 0.309 e. The molecule has 0 aromatic heterocycles. The molecule has 0 atom stereocenters. The Morgan fingerprint density at radius 2 is 1.75 bits per heavy atom. The van der Waals surface area contributed by atoms with E-state index in [0.29, 0.717) is 6.42 Å². The summed E-state index contributed by atoms with van der Waals surface area (Å²) >= 11 is 0. The molecule has 0 aliphatic heterocycles. The number of benzene rings is 1. The van der Waals surface area contributed by atoms with Gasteiger partial charge >= 0.3 is 5.97 Å². The first-order chi connectivity index (χ1) is 9.52. The van der Waals surface area contributed by atoms with Crippen molar-refractivity contribution in [3.63, 3.8) is 0 Å². The first kappa shape index (κ1) is 16.7. The van der Waals surface area contributed by atoms with E-state index in [1.807, 2.05) is 6.07 Å². The van der Waals surface area contributed by atoms with E-state index in [4.69, 9.17) is 9.84 Å². The third-order valence-corrected chi connectivity index (χ3v) is 3.52. The molecule has 0 fully saturated rings. The second-order valence-electron chi connectivity index (χ2n) is 5.85. The fourth-order valence-electron chi connectivity index (χ4n) is 2.00. The molecule has 0 amide bonds. The van der Waals surface area contributed by atoms with E-state index in [1.54, 1.807) is 13.8 Å². The molecular formula is C17H26O3. The summed E-state index contributed by atoms with van der Waals surface area (Å²) in [6.07, 6.45) is 4.62. The zero-order valence-corrected chi connectivity index (χ0v) is 12.6. The third-order valence-electron chi connectivity index (χ3n) is 3.52. The minimum atomic E-state index is -0.721. The van der Waals surface area contributed by atoms with Crippen molar-refractivity contribution in [2.24, 2.45) is 5.41 Å². The van der Waals surface area contributed by atoms with Crippen molar-refractivity contribution in [1.82, 2.24) is 0 Å². The molecule has 3 heteroatoms. The molecular weight excluding hydrogens is 252 g/mol. The highest BCUT2D eigenvalue weighted by Crippen LogP contribution is 2.23. The highest BCUT2D eigenvalue weighted by atomic mass is 16.5. The molecule has 0 saturated carbocycles. The van der Waals surface area contributed by atoms with Gasteiger partial charge in [0.25, 0.3) is 0 Å². The van der Waals surface area contributed by atoms with Crippen LogP contribution in [-0.2, 0) is 16.0 Å². The van der Waals surface area contributed by atoms with Crippen molar-refractivity contribution < 1.29 is 14.6 Å². The van der Waals surface area contributed by atoms with Gasteiger partial charge < -0.3 is 9.84 Å². The zero-order valence-electron chi connectivity index (χ0n) is 12.6. The molecule has 20 heavy (non-hydrogen) atoms. The van der Waals surface area contributed by atoms with Gasteiger partial charge in [0.1, 0.15) is 0 Å². The summed E-state index contributed by atoms with van der Waals surface area (Å²) in [6, 6.07) is 10.4. The maximum Gasteiger partial charge on any atom is 0.309 e. The van der Waals surface area contributed by atoms with Crippen molar-refractivity contribution in [2.45, 2.75) is 46.0 Å². The number of carboxylic acids is 1. The Morgan fingerprint density at radius 3 is 2.40 bits per heavy atom. The van der Waals surface area contributed by atoms with E-state index in [2.05, 4.69) is 24.3 Å². The maximum absolute atomic E-state index is 10.9. The van der Waals surface area contributed by atoms with Crippen LogP contribution in [0, 0.1) is 5.41 Å². The lowest BCUT2D eigenvalue weighted by atomic mass is 9.87. The lowest BCUT2D eigenvalue weighted by Gasteiger charge is -2.18. The molecule has 0 radical (unpaired) electrons. The van der Waals surface area contributed by atoms with Crippen molar-refractivity contribution in [3.05, 3.63) is 35.9 Å². The number of carbonyl (C=O) groups is 1. The van der Waals surface area contributed by atoms with Gasteiger partial charge in [0.05, 0.1) is 5.41 Å². The van der Waals surface area contributed by atoms with E-state index in [9.17, 15) is 4.79 Å². The predicted molar refractivity (Wildman–Crippen MR) is 80.8 cm³/mol. The molecule has 0 heterocycles. The first-order valence-corrected chi connectivity index (χ1v) is 7.37. The number of aliphatic carboxylic acids is 1. The molecule has 0 bridgehead atoms. The quantitative estimate of drug-likeness (QED) is 0.660. The standard InChI is InChI=1S/C17H26O3/c1-17(2,16(18)19)12-6-7-13-20-14-8-11-15-9-4-3-5-10-15/h3-5,9-10H,6-8,11-14H2,1-2H3,(H,18,19). The van der Waals surface area contributed by atoms with E-state index in [0.717, 1.165) is 38.9 Å². The normalized spacial score (nSPS) is 11.5. The monoisotopic (exact) mass is 278 g/mol. The van der Waals surface area contributed by atoms with E-state index >= 15 is 0 Å². The number of ether oxygens (including phenoxy) is 1. The van der Waals surface area contributed by atoms with Crippen LogP contribution in [-0.4, -0.2) is 24.3 Å². The minimum Gasteiger partial charge on any atom is -0.481 e. The van der Waals surface area contributed by atoms with Gasteiger partial charge in [-0.25, -0.2) is 0 Å². The van der Waals surface area contributed by atoms with Gasteiger partial charge in [-0.3, -0.25) is 4.79 Å². The summed E-state index contributed by atoms with van der Waals surface area (Å²) in [5, 5.41) is 8.99. The lowest BCUT2D eigenvalue weighted by Crippen LogP contribution is -2.23. The molecule has 1 aromatic rings. The zero-order chi connectivity index (χ0) is 14.8. The Bertz CT molecular complexity index is 384. The molecule has 3 nitrogen and oxygen atoms in total. The average Bonchev–Trinajstić information content (AvgIpc) is 2.42. The summed E-state index contributed by atoms with van der Waals surface area (Å²) in [4.78, 5) is 10.9. The molecule has 0 aliphatic carbocycles.